The largest absolute Gasteiger partial charge is 0.492 e. The highest BCUT2D eigenvalue weighted by atomic mass is 32.1. The highest BCUT2D eigenvalue weighted by Crippen LogP contribution is 2.36. The second kappa shape index (κ2) is 6.38. The molecule has 3 aromatic rings. The molecular weight excluding hydrogens is 339 g/mol. The molecule has 1 aliphatic rings. The van der Waals surface area contributed by atoms with Crippen LogP contribution in [-0.4, -0.2) is 32.8 Å². The van der Waals surface area contributed by atoms with Crippen LogP contribution in [0.3, 0.4) is 0 Å². The molecule has 1 aliphatic heterocycles. The minimum atomic E-state index is -0.238. The first-order valence-corrected chi connectivity index (χ1v) is 9.50. The van der Waals surface area contributed by atoms with Crippen molar-refractivity contribution < 1.29 is 14.4 Å². The number of aryl methyl sites for hydroxylation is 1. The van der Waals surface area contributed by atoms with E-state index < -0.39 is 0 Å². The molecule has 0 radical (unpaired) electrons. The molecule has 0 aliphatic carbocycles. The fourth-order valence-electron chi connectivity index (χ4n) is 3.88. The Morgan fingerprint density at radius 1 is 1.40 bits per heavy atom. The third-order valence-electron chi connectivity index (χ3n) is 5.00. The van der Waals surface area contributed by atoms with Gasteiger partial charge in [0.15, 0.2) is 6.04 Å². The van der Waals surface area contributed by atoms with Gasteiger partial charge in [0.2, 0.25) is 10.8 Å². The van der Waals surface area contributed by atoms with Gasteiger partial charge >= 0.3 is 0 Å². The third kappa shape index (κ3) is 2.91. The summed E-state index contributed by atoms with van der Waals surface area (Å²) in [6.07, 6.45) is 2.32. The SMILES string of the molecule is Cc1nc2sc([C@H](c3ccccc3F)[NH+]3CCC[C@H](C)C3)c(O)n2n1. The maximum Gasteiger partial charge on any atom is 0.235 e. The van der Waals surface area contributed by atoms with Gasteiger partial charge in [-0.25, -0.2) is 9.37 Å². The molecule has 0 saturated carbocycles. The molecule has 3 heterocycles. The number of halogens is 1. The Bertz CT molecular complexity index is 906. The van der Waals surface area contributed by atoms with Gasteiger partial charge in [0, 0.05) is 5.92 Å². The van der Waals surface area contributed by atoms with Crippen LogP contribution >= 0.6 is 11.3 Å². The van der Waals surface area contributed by atoms with Gasteiger partial charge in [-0.15, -0.1) is 5.10 Å². The van der Waals surface area contributed by atoms with Crippen LogP contribution in [0.4, 0.5) is 4.39 Å². The monoisotopic (exact) mass is 361 g/mol. The molecule has 0 spiro atoms. The Morgan fingerprint density at radius 2 is 2.20 bits per heavy atom. The van der Waals surface area contributed by atoms with Crippen molar-refractivity contribution in [2.24, 2.45) is 5.92 Å². The summed E-state index contributed by atoms with van der Waals surface area (Å²) < 4.78 is 16.1. The predicted molar refractivity (Wildman–Crippen MR) is 94.6 cm³/mol. The average molecular weight is 361 g/mol. The van der Waals surface area contributed by atoms with Crippen molar-refractivity contribution in [3.63, 3.8) is 0 Å². The summed E-state index contributed by atoms with van der Waals surface area (Å²) in [4.78, 5) is 7.04. The Hall–Kier alpha value is -1.99. The molecule has 1 unspecified atom stereocenters. The van der Waals surface area contributed by atoms with Gasteiger partial charge in [-0.2, -0.15) is 4.52 Å². The van der Waals surface area contributed by atoms with Gasteiger partial charge in [0.1, 0.15) is 16.5 Å². The number of hydrogen-bond donors (Lipinski definition) is 2. The lowest BCUT2D eigenvalue weighted by Gasteiger charge is -2.34. The first-order valence-electron chi connectivity index (χ1n) is 8.68. The second-order valence-corrected chi connectivity index (χ2v) is 7.97. The number of nitrogens with one attached hydrogen (secondary N) is 1. The van der Waals surface area contributed by atoms with E-state index in [0.717, 1.165) is 24.4 Å². The zero-order chi connectivity index (χ0) is 17.6. The van der Waals surface area contributed by atoms with Crippen LogP contribution in [0.15, 0.2) is 24.3 Å². The second-order valence-electron chi connectivity index (χ2n) is 6.96. The van der Waals surface area contributed by atoms with Crippen molar-refractivity contribution in [3.05, 3.63) is 46.3 Å². The first kappa shape index (κ1) is 16.5. The number of fused-ring (bicyclic) bond motifs is 1. The molecule has 7 heteroatoms. The summed E-state index contributed by atoms with van der Waals surface area (Å²) in [7, 11) is 0. The molecule has 1 saturated heterocycles. The molecule has 4 rings (SSSR count). The van der Waals surface area contributed by atoms with Crippen molar-refractivity contribution in [3.8, 4) is 5.88 Å². The van der Waals surface area contributed by atoms with Crippen molar-refractivity contribution in [1.29, 1.82) is 0 Å². The Morgan fingerprint density at radius 3 is 2.92 bits per heavy atom. The summed E-state index contributed by atoms with van der Waals surface area (Å²) in [6, 6.07) is 6.64. The fourth-order valence-corrected chi connectivity index (χ4v) is 5.06. The van der Waals surface area contributed by atoms with Crippen LogP contribution in [0, 0.1) is 18.7 Å². The van der Waals surface area contributed by atoms with Crippen LogP contribution in [0.25, 0.3) is 4.96 Å². The smallest absolute Gasteiger partial charge is 0.235 e. The summed E-state index contributed by atoms with van der Waals surface area (Å²) in [5.74, 6) is 1.06. The molecule has 0 amide bonds. The van der Waals surface area contributed by atoms with E-state index in [1.54, 1.807) is 13.0 Å². The normalized spacial score (nSPS) is 22.4. The van der Waals surface area contributed by atoms with E-state index in [0.29, 0.717) is 22.3 Å². The Kier molecular flexibility index (Phi) is 4.21. The van der Waals surface area contributed by atoms with Gasteiger partial charge < -0.3 is 10.0 Å². The van der Waals surface area contributed by atoms with Crippen LogP contribution < -0.4 is 4.90 Å². The number of thiazole rings is 1. The summed E-state index contributed by atoms with van der Waals surface area (Å²) in [5.41, 5.74) is 0.628. The van der Waals surface area contributed by atoms with Gasteiger partial charge in [0.05, 0.1) is 18.7 Å². The van der Waals surface area contributed by atoms with Crippen molar-refractivity contribution >= 4 is 16.3 Å². The molecule has 25 heavy (non-hydrogen) atoms. The minimum Gasteiger partial charge on any atom is -0.492 e. The van der Waals surface area contributed by atoms with Crippen LogP contribution in [0.5, 0.6) is 5.88 Å². The number of likely N-dealkylation sites (tertiary alicyclic amines) is 1. The van der Waals surface area contributed by atoms with E-state index in [9.17, 15) is 9.50 Å². The highest BCUT2D eigenvalue weighted by Gasteiger charge is 2.36. The van der Waals surface area contributed by atoms with Crippen LogP contribution in [0.1, 0.15) is 42.1 Å². The van der Waals surface area contributed by atoms with Gasteiger partial charge in [0.25, 0.3) is 0 Å². The molecular formula is C18H22FN4OS+. The Balaban J connectivity index is 1.85. The van der Waals surface area contributed by atoms with Crippen molar-refractivity contribution in [2.75, 3.05) is 13.1 Å². The number of rotatable bonds is 3. The topological polar surface area (TPSA) is 54.9 Å². The van der Waals surface area contributed by atoms with Gasteiger partial charge in [-0.05, 0) is 31.9 Å². The maximum atomic E-state index is 14.6. The van der Waals surface area contributed by atoms with Gasteiger partial charge in [-0.3, -0.25) is 0 Å². The standard InChI is InChI=1S/C18H21FN4OS/c1-11-6-5-9-22(10-11)15(13-7-3-4-8-14(13)19)16-17(24)23-18(25-16)20-12(2)21-23/h3-4,7-8,11,15,24H,5-6,9-10H2,1-2H3/p+1/t11-,15-/m0/s1. The molecule has 1 fully saturated rings. The van der Waals surface area contributed by atoms with E-state index in [4.69, 9.17) is 0 Å². The number of nitrogens with zero attached hydrogens (tertiary/aromatic N) is 3. The number of aromatic hydroxyl groups is 1. The lowest BCUT2D eigenvalue weighted by Crippen LogP contribution is -3.13. The fraction of sp³-hybridized carbons (Fsp3) is 0.444. The zero-order valence-corrected chi connectivity index (χ0v) is 15.2. The van der Waals surface area contributed by atoms with E-state index in [1.807, 2.05) is 12.1 Å². The zero-order valence-electron chi connectivity index (χ0n) is 14.4. The molecule has 2 N–H and O–H groups in total. The molecule has 0 bridgehead atoms. The Labute approximate surface area is 149 Å². The average Bonchev–Trinajstić information content (AvgIpc) is 3.08. The third-order valence-corrected chi connectivity index (χ3v) is 6.08. The van der Waals surface area contributed by atoms with E-state index in [-0.39, 0.29) is 17.7 Å². The van der Waals surface area contributed by atoms with Crippen LogP contribution in [0.2, 0.25) is 0 Å². The molecule has 1 aromatic carbocycles. The number of hydrogen-bond acceptors (Lipinski definition) is 4. The highest BCUT2D eigenvalue weighted by molar-refractivity contribution is 7.17. The van der Waals surface area contributed by atoms with E-state index >= 15 is 0 Å². The number of benzene rings is 1. The maximum absolute atomic E-state index is 14.6. The van der Waals surface area contributed by atoms with E-state index in [2.05, 4.69) is 17.0 Å². The molecule has 3 atom stereocenters. The minimum absolute atomic E-state index is 0.0829. The quantitative estimate of drug-likeness (QED) is 0.753. The number of quaternary nitrogens is 1. The van der Waals surface area contributed by atoms with Crippen molar-refractivity contribution in [2.45, 2.75) is 32.7 Å². The number of piperidine rings is 1. The molecule has 132 valence electrons. The molecule has 5 nitrogen and oxygen atoms in total. The first-order chi connectivity index (χ1) is 12.0. The number of aromatic nitrogens is 3. The van der Waals surface area contributed by atoms with E-state index in [1.165, 1.54) is 33.2 Å². The van der Waals surface area contributed by atoms with Gasteiger partial charge in [-0.1, -0.05) is 30.4 Å². The lowest BCUT2D eigenvalue weighted by atomic mass is 9.95. The summed E-state index contributed by atoms with van der Waals surface area (Å²) >= 11 is 1.40. The van der Waals surface area contributed by atoms with Crippen molar-refractivity contribution in [1.82, 2.24) is 14.6 Å². The lowest BCUT2D eigenvalue weighted by molar-refractivity contribution is -0.933. The summed E-state index contributed by atoms with van der Waals surface area (Å²) in [5, 5.41) is 15.0. The predicted octanol–water partition coefficient (Wildman–Crippen LogP) is 2.35. The van der Waals surface area contributed by atoms with Crippen LogP contribution in [-0.2, 0) is 0 Å². The molecule has 2 aromatic heterocycles. The summed E-state index contributed by atoms with van der Waals surface area (Å²) in [6.45, 7) is 5.97.